The van der Waals surface area contributed by atoms with E-state index in [9.17, 15) is 58.2 Å². The van der Waals surface area contributed by atoms with Crippen LogP contribution >= 0.6 is 0 Å². The molecule has 0 spiro atoms. The summed E-state index contributed by atoms with van der Waals surface area (Å²) in [5, 5.41) is 35.9. The fourth-order valence-corrected chi connectivity index (χ4v) is 5.61. The van der Waals surface area contributed by atoms with Crippen LogP contribution in [-0.4, -0.2) is 131 Å². The molecular weight excluding hydrogens is 804 g/mol. The molecule has 0 aromatic carbocycles. The Hall–Kier alpha value is -6.07. The lowest BCUT2D eigenvalue weighted by Gasteiger charge is -2.29. The van der Waals surface area contributed by atoms with E-state index < -0.39 is 139 Å². The SMILES string of the molecule is CC[C@H](C)[C@H](NC(=O)[C@H](CCC(=O)O)NC(=O)[C@H](CC(N)=O)NC(=O)[C@H](CC(C)C)NC(=O)CN)C(=O)N[C@@H](C)C(=O)N[C@@H](CCCN=C(N)N)C(=O)N[C@H](C(=O)O)C(C)C. The van der Waals surface area contributed by atoms with Gasteiger partial charge in [0.15, 0.2) is 5.96 Å². The summed E-state index contributed by atoms with van der Waals surface area (Å²) in [6.07, 6.45) is -1.32. The Balaban J connectivity index is 6.34. The zero-order valence-corrected chi connectivity index (χ0v) is 35.9. The molecule has 24 heteroatoms. The summed E-state index contributed by atoms with van der Waals surface area (Å²) in [6, 6.07) is -9.76. The topological polar surface area (TPSA) is 412 Å². The van der Waals surface area contributed by atoms with Crippen LogP contribution in [0.15, 0.2) is 4.99 Å². The van der Waals surface area contributed by atoms with Crippen LogP contribution in [0.25, 0.3) is 0 Å². The highest BCUT2D eigenvalue weighted by atomic mass is 16.4. The zero-order chi connectivity index (χ0) is 47.1. The van der Waals surface area contributed by atoms with Gasteiger partial charge >= 0.3 is 11.9 Å². The Morgan fingerprint density at radius 2 is 1.11 bits per heavy atom. The molecule has 346 valence electrons. The minimum atomic E-state index is -1.68. The highest BCUT2D eigenvalue weighted by Crippen LogP contribution is 2.12. The minimum Gasteiger partial charge on any atom is -0.481 e. The number of carbonyl (C=O) groups is 10. The Morgan fingerprint density at radius 3 is 1.59 bits per heavy atom. The van der Waals surface area contributed by atoms with Gasteiger partial charge in [-0.1, -0.05) is 48.0 Å². The minimum absolute atomic E-state index is 0.0260. The van der Waals surface area contributed by atoms with Crippen molar-refractivity contribution in [3.8, 4) is 0 Å². The fraction of sp³-hybridized carbons (Fsp3) is 0.703. The maximum Gasteiger partial charge on any atom is 0.326 e. The van der Waals surface area contributed by atoms with Crippen LogP contribution in [0.1, 0.15) is 93.4 Å². The van der Waals surface area contributed by atoms with Crippen LogP contribution in [0, 0.1) is 17.8 Å². The monoisotopic (exact) mass is 870 g/mol. The number of hydrogen-bond donors (Lipinski definition) is 13. The van der Waals surface area contributed by atoms with Gasteiger partial charge in [-0.2, -0.15) is 0 Å². The molecule has 0 saturated carbocycles. The molecule has 0 bridgehead atoms. The third-order valence-corrected chi connectivity index (χ3v) is 9.22. The first-order chi connectivity index (χ1) is 28.3. The van der Waals surface area contributed by atoms with Gasteiger partial charge in [-0.3, -0.25) is 48.1 Å². The molecule has 24 nitrogen and oxygen atoms in total. The number of nitrogens with one attached hydrogen (secondary N) is 7. The number of nitrogens with two attached hydrogens (primary N) is 4. The highest BCUT2D eigenvalue weighted by molar-refractivity contribution is 5.98. The molecule has 0 fully saturated rings. The van der Waals surface area contributed by atoms with Crippen LogP contribution < -0.4 is 60.2 Å². The van der Waals surface area contributed by atoms with E-state index in [1.807, 2.05) is 0 Å². The molecule has 8 amide bonds. The Morgan fingerprint density at radius 1 is 0.607 bits per heavy atom. The number of carboxylic acid groups (broad SMARTS) is 2. The molecule has 0 heterocycles. The fourth-order valence-electron chi connectivity index (χ4n) is 5.61. The third kappa shape index (κ3) is 21.7. The van der Waals surface area contributed by atoms with Crippen LogP contribution in [-0.2, 0) is 47.9 Å². The molecule has 17 N–H and O–H groups in total. The molecule has 0 aromatic rings. The van der Waals surface area contributed by atoms with E-state index in [-0.39, 0.29) is 37.7 Å². The quantitative estimate of drug-likeness (QED) is 0.0193. The first-order valence-corrected chi connectivity index (χ1v) is 19.9. The van der Waals surface area contributed by atoms with Gasteiger partial charge in [-0.05, 0) is 50.4 Å². The van der Waals surface area contributed by atoms with Crippen LogP contribution in [0.5, 0.6) is 0 Å². The van der Waals surface area contributed by atoms with Gasteiger partial charge in [0, 0.05) is 13.0 Å². The summed E-state index contributed by atoms with van der Waals surface area (Å²) in [5.41, 5.74) is 21.4. The van der Waals surface area contributed by atoms with E-state index in [1.54, 1.807) is 41.5 Å². The van der Waals surface area contributed by atoms with Crippen LogP contribution in [0.2, 0.25) is 0 Å². The second-order valence-electron chi connectivity index (χ2n) is 15.4. The molecule has 0 aromatic heterocycles. The molecule has 0 aliphatic carbocycles. The van der Waals surface area contributed by atoms with Crippen molar-refractivity contribution in [2.45, 2.75) is 136 Å². The summed E-state index contributed by atoms with van der Waals surface area (Å²) < 4.78 is 0. The maximum atomic E-state index is 13.7. The van der Waals surface area contributed by atoms with Gasteiger partial charge in [-0.15, -0.1) is 0 Å². The number of carbonyl (C=O) groups excluding carboxylic acids is 8. The van der Waals surface area contributed by atoms with E-state index >= 15 is 0 Å². The van der Waals surface area contributed by atoms with Gasteiger partial charge in [0.25, 0.3) is 0 Å². The van der Waals surface area contributed by atoms with Gasteiger partial charge in [0.05, 0.1) is 13.0 Å². The summed E-state index contributed by atoms with van der Waals surface area (Å²) in [7, 11) is 0. The van der Waals surface area contributed by atoms with Crippen molar-refractivity contribution >= 4 is 65.2 Å². The Bertz CT molecular complexity index is 1590. The number of carboxylic acids is 2. The van der Waals surface area contributed by atoms with Gasteiger partial charge < -0.3 is 70.4 Å². The second kappa shape index (κ2) is 27.6. The highest BCUT2D eigenvalue weighted by Gasteiger charge is 2.35. The predicted octanol–water partition coefficient (Wildman–Crippen LogP) is -4.01. The number of primary amides is 1. The molecule has 0 saturated heterocycles. The van der Waals surface area contributed by atoms with Crippen molar-refractivity contribution in [1.29, 1.82) is 0 Å². The molecule has 8 atom stereocenters. The van der Waals surface area contributed by atoms with Crippen molar-refractivity contribution < 1.29 is 58.2 Å². The first-order valence-electron chi connectivity index (χ1n) is 19.9. The Labute approximate surface area is 354 Å². The number of aliphatic carboxylic acids is 2. The van der Waals surface area contributed by atoms with Crippen molar-refractivity contribution in [2.75, 3.05) is 13.1 Å². The number of hydrogen-bond acceptors (Lipinski definition) is 12. The predicted molar refractivity (Wildman–Crippen MR) is 220 cm³/mol. The van der Waals surface area contributed by atoms with E-state index in [0.717, 1.165) is 0 Å². The maximum absolute atomic E-state index is 13.7. The van der Waals surface area contributed by atoms with Crippen molar-refractivity contribution in [3.05, 3.63) is 0 Å². The summed E-state index contributed by atoms with van der Waals surface area (Å²) in [6.45, 7) is 10.9. The lowest BCUT2D eigenvalue weighted by molar-refractivity contribution is -0.143. The second-order valence-corrected chi connectivity index (χ2v) is 15.4. The smallest absolute Gasteiger partial charge is 0.326 e. The molecule has 0 rings (SSSR count). The molecule has 0 aliphatic heterocycles. The normalized spacial score (nSPS) is 14.9. The lowest BCUT2D eigenvalue weighted by atomic mass is 9.97. The van der Waals surface area contributed by atoms with Gasteiger partial charge in [-0.25, -0.2) is 4.79 Å². The van der Waals surface area contributed by atoms with E-state index in [2.05, 4.69) is 42.2 Å². The molecule has 0 radical (unpaired) electrons. The van der Waals surface area contributed by atoms with E-state index in [0.29, 0.717) is 6.42 Å². The zero-order valence-electron chi connectivity index (χ0n) is 35.9. The van der Waals surface area contributed by atoms with E-state index in [1.165, 1.54) is 6.92 Å². The molecule has 61 heavy (non-hydrogen) atoms. The number of guanidine groups is 1. The number of aliphatic imine (C=N–C) groups is 1. The van der Waals surface area contributed by atoms with Crippen molar-refractivity contribution in [3.63, 3.8) is 0 Å². The lowest BCUT2D eigenvalue weighted by Crippen LogP contribution is -2.61. The standard InChI is InChI=1S/C37H66N12O12/c1-8-19(6)29(35(59)43-20(7)30(54)45-21(10-9-13-42-37(40)41)31(55)48-28(18(4)5)36(60)61)49-32(56)22(11-12-27(52)53)46-34(58)24(15-25(39)50)47-33(57)23(14-17(2)3)44-26(51)16-38/h17-24,28-29H,8-16,38H2,1-7H3,(H2,39,50)(H,43,59)(H,44,51)(H,45,54)(H,46,58)(H,47,57)(H,48,55)(H,49,56)(H,52,53)(H,60,61)(H4,40,41,42)/t19-,20-,21-,22-,23-,24-,28-,29-/m0/s1. The summed E-state index contributed by atoms with van der Waals surface area (Å²) in [5.74, 6) is -11.3. The van der Waals surface area contributed by atoms with Gasteiger partial charge in [0.1, 0.15) is 42.3 Å². The average molecular weight is 871 g/mol. The van der Waals surface area contributed by atoms with Crippen molar-refractivity contribution in [1.82, 2.24) is 37.2 Å². The number of amides is 8. The molecule has 0 unspecified atom stereocenters. The largest absolute Gasteiger partial charge is 0.481 e. The average Bonchev–Trinajstić information content (AvgIpc) is 3.16. The van der Waals surface area contributed by atoms with Crippen LogP contribution in [0.3, 0.4) is 0 Å². The van der Waals surface area contributed by atoms with Crippen LogP contribution in [0.4, 0.5) is 0 Å². The molecule has 0 aliphatic rings. The number of rotatable bonds is 29. The molecular formula is C37H66N12O12. The third-order valence-electron chi connectivity index (χ3n) is 9.22. The Kier molecular flexibility index (Phi) is 24.9. The summed E-state index contributed by atoms with van der Waals surface area (Å²) >= 11 is 0. The summed E-state index contributed by atoms with van der Waals surface area (Å²) in [4.78, 5) is 132. The van der Waals surface area contributed by atoms with Crippen molar-refractivity contribution in [2.24, 2.45) is 45.7 Å². The number of nitrogens with zero attached hydrogens (tertiary/aromatic N) is 1. The van der Waals surface area contributed by atoms with Gasteiger partial charge in [0.2, 0.25) is 47.3 Å². The first kappa shape index (κ1) is 54.9. The van der Waals surface area contributed by atoms with E-state index in [4.69, 9.17) is 22.9 Å².